The number of amides is 1. The number of rotatable bonds is 6. The van der Waals surface area contributed by atoms with E-state index in [1.807, 2.05) is 66.7 Å². The van der Waals surface area contributed by atoms with E-state index < -0.39 is 6.04 Å². The van der Waals surface area contributed by atoms with Crippen molar-refractivity contribution < 1.29 is 9.59 Å². The number of anilines is 2. The number of hydrogen-bond acceptors (Lipinski definition) is 4. The maximum Gasteiger partial charge on any atom is 0.239 e. The summed E-state index contributed by atoms with van der Waals surface area (Å²) in [5.41, 5.74) is 5.41. The van der Waals surface area contributed by atoms with Crippen molar-refractivity contribution in [3.8, 4) is 0 Å². The number of hydrogen-bond donors (Lipinski definition) is 2. The monoisotopic (exact) mass is 513 g/mol. The van der Waals surface area contributed by atoms with Crippen LogP contribution in [0.1, 0.15) is 43.9 Å². The highest BCUT2D eigenvalue weighted by atomic mass is 35.5. The molecule has 37 heavy (non-hydrogen) atoms. The van der Waals surface area contributed by atoms with Gasteiger partial charge in [0, 0.05) is 29.3 Å². The van der Waals surface area contributed by atoms with Crippen LogP contribution in [-0.4, -0.2) is 24.8 Å². The first kappa shape index (κ1) is 25.1. The molecule has 1 amide bonds. The minimum absolute atomic E-state index is 0.0858. The molecular formula is C31H32ClN3O2. The standard InChI is InChI=1S/C31H32ClN3O2/c1-31(2)18-25-29(27(36)19-31)30(22-12-14-23(32)15-13-22)35(26-11-7-6-10-24(26)34-25)20-28(37)33-17-16-21-8-4-3-5-9-21/h3-15,30,34H,16-20H2,1-2H3,(H,33,37). The summed E-state index contributed by atoms with van der Waals surface area (Å²) in [6.07, 6.45) is 1.98. The van der Waals surface area contributed by atoms with Gasteiger partial charge in [-0.2, -0.15) is 0 Å². The molecule has 5 nitrogen and oxygen atoms in total. The van der Waals surface area contributed by atoms with Gasteiger partial charge in [-0.1, -0.05) is 80.0 Å². The molecule has 0 aromatic heterocycles. The zero-order valence-electron chi connectivity index (χ0n) is 21.3. The molecule has 2 N–H and O–H groups in total. The van der Waals surface area contributed by atoms with Crippen LogP contribution in [0, 0.1) is 5.41 Å². The summed E-state index contributed by atoms with van der Waals surface area (Å²) < 4.78 is 0. The summed E-state index contributed by atoms with van der Waals surface area (Å²) in [6.45, 7) is 4.92. The summed E-state index contributed by atoms with van der Waals surface area (Å²) in [4.78, 5) is 29.1. The Hall–Kier alpha value is -3.57. The van der Waals surface area contributed by atoms with E-state index in [2.05, 4.69) is 41.5 Å². The normalized spacial score (nSPS) is 18.4. The van der Waals surface area contributed by atoms with Crippen molar-refractivity contribution in [3.05, 3.63) is 106 Å². The molecule has 5 rings (SSSR count). The molecule has 1 aliphatic carbocycles. The molecule has 6 heteroatoms. The Morgan fingerprint density at radius 2 is 1.70 bits per heavy atom. The molecule has 3 aromatic rings. The zero-order chi connectivity index (χ0) is 26.0. The van der Waals surface area contributed by atoms with E-state index >= 15 is 0 Å². The number of nitrogens with one attached hydrogen (secondary N) is 2. The van der Waals surface area contributed by atoms with Gasteiger partial charge in [0.25, 0.3) is 0 Å². The second-order valence-electron chi connectivity index (χ2n) is 10.6. The molecule has 0 radical (unpaired) electrons. The number of allylic oxidation sites excluding steroid dienone is 1. The van der Waals surface area contributed by atoms with Gasteiger partial charge in [0.2, 0.25) is 5.91 Å². The van der Waals surface area contributed by atoms with Crippen molar-refractivity contribution in [1.82, 2.24) is 5.32 Å². The molecule has 0 saturated carbocycles. The highest BCUT2D eigenvalue weighted by molar-refractivity contribution is 6.30. The third kappa shape index (κ3) is 5.57. The third-order valence-electron chi connectivity index (χ3n) is 7.08. The quantitative estimate of drug-likeness (QED) is 0.405. The van der Waals surface area contributed by atoms with Crippen LogP contribution in [0.5, 0.6) is 0 Å². The predicted octanol–water partition coefficient (Wildman–Crippen LogP) is 6.32. The van der Waals surface area contributed by atoms with Gasteiger partial charge in [0.1, 0.15) is 0 Å². The molecule has 1 unspecified atom stereocenters. The molecule has 1 atom stereocenters. The molecule has 190 valence electrons. The van der Waals surface area contributed by atoms with Crippen LogP contribution in [0.3, 0.4) is 0 Å². The molecule has 0 saturated heterocycles. The van der Waals surface area contributed by atoms with Crippen molar-refractivity contribution in [3.63, 3.8) is 0 Å². The molecule has 3 aromatic carbocycles. The lowest BCUT2D eigenvalue weighted by Gasteiger charge is -2.37. The third-order valence-corrected chi connectivity index (χ3v) is 7.33. The van der Waals surface area contributed by atoms with E-state index in [1.54, 1.807) is 0 Å². The minimum atomic E-state index is -0.410. The highest BCUT2D eigenvalue weighted by Gasteiger charge is 2.41. The minimum Gasteiger partial charge on any atom is -0.357 e. The van der Waals surface area contributed by atoms with E-state index in [0.717, 1.165) is 41.1 Å². The molecule has 2 aliphatic rings. The molecule has 0 fully saturated rings. The van der Waals surface area contributed by atoms with Crippen LogP contribution in [0.15, 0.2) is 90.1 Å². The molecular weight excluding hydrogens is 482 g/mol. The number of carbonyl (C=O) groups excluding carboxylic acids is 2. The van der Waals surface area contributed by atoms with E-state index in [1.165, 1.54) is 5.56 Å². The largest absolute Gasteiger partial charge is 0.357 e. The van der Waals surface area contributed by atoms with Crippen LogP contribution >= 0.6 is 11.6 Å². The van der Waals surface area contributed by atoms with Crippen molar-refractivity contribution in [2.45, 2.75) is 39.2 Å². The number of para-hydroxylation sites is 2. The Morgan fingerprint density at radius 1 is 1.00 bits per heavy atom. The fourth-order valence-electron chi connectivity index (χ4n) is 5.42. The van der Waals surface area contributed by atoms with Gasteiger partial charge in [0.15, 0.2) is 5.78 Å². The lowest BCUT2D eigenvalue weighted by Crippen LogP contribution is -2.42. The Labute approximate surface area is 223 Å². The summed E-state index contributed by atoms with van der Waals surface area (Å²) in [7, 11) is 0. The van der Waals surface area contributed by atoms with Crippen molar-refractivity contribution in [2.24, 2.45) is 5.41 Å². The van der Waals surface area contributed by atoms with E-state index in [0.29, 0.717) is 18.0 Å². The lowest BCUT2D eigenvalue weighted by atomic mass is 9.73. The van der Waals surface area contributed by atoms with E-state index in [4.69, 9.17) is 11.6 Å². The molecule has 1 heterocycles. The van der Waals surface area contributed by atoms with Gasteiger partial charge in [-0.05, 0) is 53.6 Å². The fourth-order valence-corrected chi connectivity index (χ4v) is 5.55. The highest BCUT2D eigenvalue weighted by Crippen LogP contribution is 2.48. The average molecular weight is 514 g/mol. The molecule has 1 aliphatic heterocycles. The fraction of sp³-hybridized carbons (Fsp3) is 0.290. The van der Waals surface area contributed by atoms with Gasteiger partial charge in [-0.15, -0.1) is 0 Å². The smallest absolute Gasteiger partial charge is 0.239 e. The lowest BCUT2D eigenvalue weighted by molar-refractivity contribution is -0.120. The van der Waals surface area contributed by atoms with Gasteiger partial charge in [-0.3, -0.25) is 9.59 Å². The van der Waals surface area contributed by atoms with Crippen molar-refractivity contribution in [1.29, 1.82) is 0 Å². The zero-order valence-corrected chi connectivity index (χ0v) is 22.0. The van der Waals surface area contributed by atoms with Gasteiger partial charge < -0.3 is 15.5 Å². The first-order chi connectivity index (χ1) is 17.8. The summed E-state index contributed by atoms with van der Waals surface area (Å²) >= 11 is 6.23. The average Bonchev–Trinajstić information content (AvgIpc) is 2.99. The Balaban J connectivity index is 1.52. The van der Waals surface area contributed by atoms with Crippen LogP contribution < -0.4 is 15.5 Å². The summed E-state index contributed by atoms with van der Waals surface area (Å²) in [5, 5.41) is 7.30. The van der Waals surface area contributed by atoms with E-state index in [-0.39, 0.29) is 23.7 Å². The summed E-state index contributed by atoms with van der Waals surface area (Å²) in [5.74, 6) is 0.0262. The summed E-state index contributed by atoms with van der Waals surface area (Å²) in [6, 6.07) is 25.3. The maximum atomic E-state index is 13.7. The SMILES string of the molecule is CC1(C)CC(=O)C2=C(C1)Nc1ccccc1N(CC(=O)NCCc1ccccc1)C2c1ccc(Cl)cc1. The second-order valence-corrected chi connectivity index (χ2v) is 11.1. The molecule has 0 spiro atoms. The predicted molar refractivity (Wildman–Crippen MR) is 150 cm³/mol. The van der Waals surface area contributed by atoms with Gasteiger partial charge in [0.05, 0.1) is 24.0 Å². The van der Waals surface area contributed by atoms with E-state index in [9.17, 15) is 9.59 Å². The van der Waals surface area contributed by atoms with Crippen LogP contribution in [0.25, 0.3) is 0 Å². The number of carbonyl (C=O) groups is 2. The van der Waals surface area contributed by atoms with Gasteiger partial charge in [-0.25, -0.2) is 0 Å². The Kier molecular flexibility index (Phi) is 7.07. The first-order valence-electron chi connectivity index (χ1n) is 12.8. The Bertz CT molecular complexity index is 1330. The Morgan fingerprint density at radius 3 is 2.46 bits per heavy atom. The first-order valence-corrected chi connectivity index (χ1v) is 13.1. The van der Waals surface area contributed by atoms with Crippen molar-refractivity contribution >= 4 is 34.7 Å². The van der Waals surface area contributed by atoms with Crippen LogP contribution in [0.4, 0.5) is 11.4 Å². The topological polar surface area (TPSA) is 61.4 Å². The van der Waals surface area contributed by atoms with Crippen LogP contribution in [-0.2, 0) is 16.0 Å². The number of fused-ring (bicyclic) bond motifs is 1. The second kappa shape index (κ2) is 10.4. The number of benzene rings is 3. The number of halogens is 1. The molecule has 0 bridgehead atoms. The number of ketones is 1. The van der Waals surface area contributed by atoms with Crippen LogP contribution in [0.2, 0.25) is 5.02 Å². The van der Waals surface area contributed by atoms with Crippen molar-refractivity contribution in [2.75, 3.05) is 23.3 Å². The number of Topliss-reactive ketones (excluding diaryl/α,β-unsaturated/α-hetero) is 1. The van der Waals surface area contributed by atoms with Gasteiger partial charge >= 0.3 is 0 Å². The number of nitrogens with zero attached hydrogens (tertiary/aromatic N) is 1. The maximum absolute atomic E-state index is 13.7.